The number of carbonyl (C=O) groups is 2. The second kappa shape index (κ2) is 6.47. The number of hydrogen-bond donors (Lipinski definition) is 1. The first-order chi connectivity index (χ1) is 12.2. The summed E-state index contributed by atoms with van der Waals surface area (Å²) in [5.74, 6) is 0.562. The highest BCUT2D eigenvalue weighted by molar-refractivity contribution is 5.95. The van der Waals surface area contributed by atoms with Gasteiger partial charge < -0.3 is 19.5 Å². The molecular formula is C19H17NO5. The molecule has 0 bridgehead atoms. The van der Waals surface area contributed by atoms with Crippen LogP contribution in [0, 0.1) is 0 Å². The van der Waals surface area contributed by atoms with E-state index in [1.54, 1.807) is 12.1 Å². The molecule has 2 atom stereocenters. The number of fused-ring (bicyclic) bond motifs is 2. The van der Waals surface area contributed by atoms with Gasteiger partial charge in [0.2, 0.25) is 0 Å². The summed E-state index contributed by atoms with van der Waals surface area (Å²) >= 11 is 0. The standard InChI is InChI=1S/C19H17NO5/c21-18(17-9-12-5-1-2-6-14(12)19(22)25-17)20-10-13-11-23-15-7-3-4-8-16(15)24-13/h1-8,13,17H,9-11H2,(H,20,21)/t13-,17+/m0/s1. The van der Waals surface area contributed by atoms with Gasteiger partial charge in [0.1, 0.15) is 12.7 Å². The summed E-state index contributed by atoms with van der Waals surface area (Å²) in [7, 11) is 0. The van der Waals surface area contributed by atoms with Gasteiger partial charge in [0.15, 0.2) is 17.6 Å². The van der Waals surface area contributed by atoms with Gasteiger partial charge in [0, 0.05) is 6.42 Å². The van der Waals surface area contributed by atoms with Crippen molar-refractivity contribution in [3.05, 3.63) is 59.7 Å². The zero-order chi connectivity index (χ0) is 17.2. The number of para-hydroxylation sites is 2. The first-order valence-corrected chi connectivity index (χ1v) is 8.16. The van der Waals surface area contributed by atoms with Gasteiger partial charge in [-0.05, 0) is 23.8 Å². The quantitative estimate of drug-likeness (QED) is 0.862. The molecule has 0 aliphatic carbocycles. The lowest BCUT2D eigenvalue weighted by Crippen LogP contribution is -2.46. The Bertz CT molecular complexity index is 819. The molecule has 0 saturated carbocycles. The van der Waals surface area contributed by atoms with Crippen molar-refractivity contribution in [3.63, 3.8) is 0 Å². The Morgan fingerprint density at radius 1 is 1.04 bits per heavy atom. The minimum absolute atomic E-state index is 0.281. The molecule has 0 unspecified atom stereocenters. The molecule has 2 aromatic rings. The van der Waals surface area contributed by atoms with Gasteiger partial charge in [-0.25, -0.2) is 4.79 Å². The molecule has 0 radical (unpaired) electrons. The molecule has 4 rings (SSSR count). The summed E-state index contributed by atoms with van der Waals surface area (Å²) in [6, 6.07) is 14.6. The van der Waals surface area contributed by atoms with E-state index in [1.807, 2.05) is 36.4 Å². The third-order valence-electron chi connectivity index (χ3n) is 4.26. The van der Waals surface area contributed by atoms with Crippen LogP contribution in [0.25, 0.3) is 0 Å². The van der Waals surface area contributed by atoms with Crippen LogP contribution in [0.15, 0.2) is 48.5 Å². The summed E-state index contributed by atoms with van der Waals surface area (Å²) in [5, 5.41) is 2.78. The predicted molar refractivity (Wildman–Crippen MR) is 88.7 cm³/mol. The Balaban J connectivity index is 1.35. The van der Waals surface area contributed by atoms with Crippen LogP contribution in [0.2, 0.25) is 0 Å². The summed E-state index contributed by atoms with van der Waals surface area (Å²) in [4.78, 5) is 24.4. The molecule has 2 heterocycles. The minimum Gasteiger partial charge on any atom is -0.486 e. The van der Waals surface area contributed by atoms with Crippen LogP contribution < -0.4 is 14.8 Å². The Morgan fingerprint density at radius 2 is 1.80 bits per heavy atom. The maximum Gasteiger partial charge on any atom is 0.339 e. The fourth-order valence-electron chi connectivity index (χ4n) is 2.97. The number of nitrogens with one attached hydrogen (secondary N) is 1. The molecule has 1 amide bonds. The van der Waals surface area contributed by atoms with E-state index in [1.165, 1.54) is 0 Å². The lowest BCUT2D eigenvalue weighted by molar-refractivity contribution is -0.130. The van der Waals surface area contributed by atoms with Gasteiger partial charge in [0.05, 0.1) is 12.1 Å². The summed E-state index contributed by atoms with van der Waals surface area (Å²) in [5.41, 5.74) is 1.34. The lowest BCUT2D eigenvalue weighted by atomic mass is 9.98. The van der Waals surface area contributed by atoms with Gasteiger partial charge in [0.25, 0.3) is 5.91 Å². The van der Waals surface area contributed by atoms with Crippen molar-refractivity contribution < 1.29 is 23.8 Å². The number of amides is 1. The number of carbonyl (C=O) groups excluding carboxylic acids is 2. The monoisotopic (exact) mass is 339 g/mol. The number of rotatable bonds is 3. The molecule has 0 spiro atoms. The summed E-state index contributed by atoms with van der Waals surface area (Å²) < 4.78 is 16.7. The number of esters is 1. The molecule has 2 aliphatic rings. The van der Waals surface area contributed by atoms with Crippen molar-refractivity contribution in [2.75, 3.05) is 13.2 Å². The van der Waals surface area contributed by atoms with Gasteiger partial charge in [-0.3, -0.25) is 4.79 Å². The normalized spacial score (nSPS) is 21.0. The topological polar surface area (TPSA) is 73.9 Å². The Hall–Kier alpha value is -3.02. The smallest absolute Gasteiger partial charge is 0.339 e. The highest BCUT2D eigenvalue weighted by Gasteiger charge is 2.31. The lowest BCUT2D eigenvalue weighted by Gasteiger charge is -2.28. The van der Waals surface area contributed by atoms with Crippen molar-refractivity contribution in [1.82, 2.24) is 5.32 Å². The molecule has 128 valence electrons. The average molecular weight is 339 g/mol. The van der Waals surface area contributed by atoms with E-state index in [0.29, 0.717) is 30.1 Å². The Kier molecular flexibility index (Phi) is 4.01. The largest absolute Gasteiger partial charge is 0.486 e. The second-order valence-electron chi connectivity index (χ2n) is 6.00. The zero-order valence-corrected chi connectivity index (χ0v) is 13.4. The number of ether oxygens (including phenoxy) is 3. The zero-order valence-electron chi connectivity index (χ0n) is 13.4. The average Bonchev–Trinajstić information content (AvgIpc) is 2.66. The first kappa shape index (κ1) is 15.5. The van der Waals surface area contributed by atoms with E-state index in [2.05, 4.69) is 5.32 Å². The molecule has 2 aliphatic heterocycles. The minimum atomic E-state index is -0.820. The van der Waals surface area contributed by atoms with Gasteiger partial charge in [-0.2, -0.15) is 0 Å². The van der Waals surface area contributed by atoms with E-state index in [-0.39, 0.29) is 18.6 Å². The van der Waals surface area contributed by atoms with Crippen molar-refractivity contribution >= 4 is 11.9 Å². The van der Waals surface area contributed by atoms with Crippen LogP contribution in [-0.2, 0) is 16.0 Å². The van der Waals surface area contributed by atoms with E-state index >= 15 is 0 Å². The first-order valence-electron chi connectivity index (χ1n) is 8.16. The van der Waals surface area contributed by atoms with Crippen LogP contribution in [0.4, 0.5) is 0 Å². The third kappa shape index (κ3) is 3.15. The summed E-state index contributed by atoms with van der Waals surface area (Å²) in [6.07, 6.45) is -0.733. The summed E-state index contributed by atoms with van der Waals surface area (Å²) in [6.45, 7) is 0.632. The molecule has 6 nitrogen and oxygen atoms in total. The maximum absolute atomic E-state index is 12.4. The fraction of sp³-hybridized carbons (Fsp3) is 0.263. The second-order valence-corrected chi connectivity index (χ2v) is 6.00. The molecule has 0 fully saturated rings. The SMILES string of the molecule is O=C1O[C@@H](C(=O)NC[C@H]2COc3ccccc3O2)Cc2ccccc21. The number of hydrogen-bond acceptors (Lipinski definition) is 5. The molecule has 0 aromatic heterocycles. The number of benzene rings is 2. The Morgan fingerprint density at radius 3 is 2.68 bits per heavy atom. The van der Waals surface area contributed by atoms with Crippen LogP contribution in [0.3, 0.4) is 0 Å². The molecular weight excluding hydrogens is 322 g/mol. The van der Waals surface area contributed by atoms with Crippen molar-refractivity contribution in [1.29, 1.82) is 0 Å². The highest BCUT2D eigenvalue weighted by Crippen LogP contribution is 2.30. The van der Waals surface area contributed by atoms with E-state index in [4.69, 9.17) is 14.2 Å². The maximum atomic E-state index is 12.4. The van der Waals surface area contributed by atoms with Crippen LogP contribution in [0.5, 0.6) is 11.5 Å². The molecule has 25 heavy (non-hydrogen) atoms. The third-order valence-corrected chi connectivity index (χ3v) is 4.26. The predicted octanol–water partition coefficient (Wildman–Crippen LogP) is 1.72. The molecule has 2 aromatic carbocycles. The van der Waals surface area contributed by atoms with Gasteiger partial charge >= 0.3 is 5.97 Å². The van der Waals surface area contributed by atoms with E-state index in [9.17, 15) is 9.59 Å². The Labute approximate surface area is 144 Å². The van der Waals surface area contributed by atoms with Crippen LogP contribution in [0.1, 0.15) is 15.9 Å². The van der Waals surface area contributed by atoms with Crippen molar-refractivity contribution in [2.45, 2.75) is 18.6 Å². The van der Waals surface area contributed by atoms with Crippen LogP contribution in [-0.4, -0.2) is 37.2 Å². The number of cyclic esters (lactones) is 1. The van der Waals surface area contributed by atoms with Gasteiger partial charge in [-0.1, -0.05) is 30.3 Å². The van der Waals surface area contributed by atoms with E-state index in [0.717, 1.165) is 5.56 Å². The fourth-order valence-corrected chi connectivity index (χ4v) is 2.97. The van der Waals surface area contributed by atoms with E-state index < -0.39 is 12.1 Å². The van der Waals surface area contributed by atoms with Crippen molar-refractivity contribution in [2.24, 2.45) is 0 Å². The highest BCUT2D eigenvalue weighted by atomic mass is 16.6. The molecule has 0 saturated heterocycles. The molecule has 1 N–H and O–H groups in total. The van der Waals surface area contributed by atoms with Crippen molar-refractivity contribution in [3.8, 4) is 11.5 Å². The van der Waals surface area contributed by atoms with Gasteiger partial charge in [-0.15, -0.1) is 0 Å². The molecule has 6 heteroatoms. The van der Waals surface area contributed by atoms with Crippen LogP contribution >= 0.6 is 0 Å².